The molecule has 10 heteroatoms. The third-order valence-electron chi connectivity index (χ3n) is 5.52. The molecule has 5 aromatic rings. The van der Waals surface area contributed by atoms with Gasteiger partial charge in [-0.05, 0) is 53.6 Å². The van der Waals surface area contributed by atoms with Crippen molar-refractivity contribution in [1.82, 2.24) is 29.6 Å². The summed E-state index contributed by atoms with van der Waals surface area (Å²) in [6.07, 6.45) is 0. The summed E-state index contributed by atoms with van der Waals surface area (Å²) in [5.41, 5.74) is 3.58. The fraction of sp³-hybridized carbons (Fsp3) is 0.174. The van der Waals surface area contributed by atoms with Gasteiger partial charge >= 0.3 is 5.63 Å². The molecule has 0 spiro atoms. The lowest BCUT2D eigenvalue weighted by atomic mass is 10.1. The van der Waals surface area contributed by atoms with Crippen LogP contribution in [0.25, 0.3) is 22.3 Å². The summed E-state index contributed by atoms with van der Waals surface area (Å²) in [5.74, 6) is 0.435. The highest BCUT2D eigenvalue weighted by Crippen LogP contribution is 2.27. The molecular weight excluding hydrogens is 440 g/mol. The van der Waals surface area contributed by atoms with Crippen molar-refractivity contribution in [2.45, 2.75) is 24.8 Å². The van der Waals surface area contributed by atoms with E-state index in [-0.39, 0.29) is 5.56 Å². The summed E-state index contributed by atoms with van der Waals surface area (Å²) >= 11 is 1.35. The number of thioether (sulfide) groups is 1. The van der Waals surface area contributed by atoms with Gasteiger partial charge in [0, 0.05) is 24.3 Å². The van der Waals surface area contributed by atoms with Gasteiger partial charge in [-0.3, -0.25) is 9.48 Å². The van der Waals surface area contributed by atoms with Crippen LogP contribution in [0, 0.1) is 13.8 Å². The number of nitrogens with zero attached hydrogens (tertiary/aromatic N) is 6. The second-order valence-electron chi connectivity index (χ2n) is 7.66. The molecule has 0 fully saturated rings. The van der Waals surface area contributed by atoms with E-state index in [1.165, 1.54) is 22.5 Å². The standard InChI is InChI=1S/C23H20N6O3S/c1-14-9-10-18-16(12-20(30)32-19(18)11-14)13-33-23-24-25-26-28(23)21-15(2)27(3)29(22(21)31)17-7-5-4-6-8-17/h4-12H,13H2,1-3H3. The lowest BCUT2D eigenvalue weighted by Crippen LogP contribution is -2.22. The predicted molar refractivity (Wildman–Crippen MR) is 125 cm³/mol. The van der Waals surface area contributed by atoms with E-state index in [1.807, 2.05) is 69.4 Å². The third kappa shape index (κ3) is 3.68. The Morgan fingerprint density at radius 1 is 1.03 bits per heavy atom. The number of fused-ring (bicyclic) bond motifs is 1. The maximum absolute atomic E-state index is 13.4. The molecule has 0 N–H and O–H groups in total. The Hall–Kier alpha value is -3.92. The van der Waals surface area contributed by atoms with Gasteiger partial charge in [-0.25, -0.2) is 9.48 Å². The van der Waals surface area contributed by atoms with Crippen molar-refractivity contribution in [1.29, 1.82) is 0 Å². The van der Waals surface area contributed by atoms with E-state index in [4.69, 9.17) is 4.42 Å². The van der Waals surface area contributed by atoms with Crippen LogP contribution in [0.4, 0.5) is 0 Å². The zero-order valence-electron chi connectivity index (χ0n) is 18.2. The first-order chi connectivity index (χ1) is 15.9. The highest BCUT2D eigenvalue weighted by Gasteiger charge is 2.22. The normalized spacial score (nSPS) is 11.4. The Morgan fingerprint density at radius 3 is 2.61 bits per heavy atom. The van der Waals surface area contributed by atoms with Gasteiger partial charge in [-0.2, -0.15) is 4.68 Å². The summed E-state index contributed by atoms with van der Waals surface area (Å²) in [5, 5.41) is 13.3. The van der Waals surface area contributed by atoms with E-state index in [2.05, 4.69) is 15.5 Å². The van der Waals surface area contributed by atoms with Crippen LogP contribution >= 0.6 is 11.8 Å². The van der Waals surface area contributed by atoms with Crippen molar-refractivity contribution in [2.75, 3.05) is 0 Å². The van der Waals surface area contributed by atoms with Crippen LogP contribution < -0.4 is 11.2 Å². The smallest absolute Gasteiger partial charge is 0.336 e. The number of para-hydroxylation sites is 1. The number of benzene rings is 2. The topological polar surface area (TPSA) is 101 Å². The number of tetrazole rings is 1. The summed E-state index contributed by atoms with van der Waals surface area (Å²) in [6, 6.07) is 16.6. The number of hydrogen-bond acceptors (Lipinski definition) is 7. The minimum absolute atomic E-state index is 0.225. The molecule has 5 rings (SSSR count). The summed E-state index contributed by atoms with van der Waals surface area (Å²) < 4.78 is 10.2. The van der Waals surface area contributed by atoms with E-state index >= 15 is 0 Å². The summed E-state index contributed by atoms with van der Waals surface area (Å²) in [4.78, 5) is 25.4. The Labute approximate surface area is 192 Å². The van der Waals surface area contributed by atoms with Gasteiger partial charge in [0.25, 0.3) is 5.56 Å². The highest BCUT2D eigenvalue weighted by atomic mass is 32.2. The maximum Gasteiger partial charge on any atom is 0.336 e. The minimum atomic E-state index is -0.409. The molecule has 0 saturated heterocycles. The molecule has 0 amide bonds. The molecular formula is C23H20N6O3S. The molecule has 3 heterocycles. The molecule has 9 nitrogen and oxygen atoms in total. The van der Waals surface area contributed by atoms with Crippen molar-refractivity contribution >= 4 is 22.7 Å². The zero-order valence-corrected chi connectivity index (χ0v) is 19.0. The predicted octanol–water partition coefficient (Wildman–Crippen LogP) is 3.17. The molecule has 0 atom stereocenters. The SMILES string of the molecule is Cc1ccc2c(CSc3nnnn3-c3c(C)n(C)n(-c4ccccc4)c3=O)cc(=O)oc2c1. The fourth-order valence-electron chi connectivity index (χ4n) is 3.81. The quantitative estimate of drug-likeness (QED) is 0.293. The lowest BCUT2D eigenvalue weighted by Gasteiger charge is -2.07. The van der Waals surface area contributed by atoms with Gasteiger partial charge in [-0.1, -0.05) is 42.1 Å². The average Bonchev–Trinajstić information content (AvgIpc) is 3.33. The summed E-state index contributed by atoms with van der Waals surface area (Å²) in [6.45, 7) is 3.80. The van der Waals surface area contributed by atoms with Crippen molar-refractivity contribution in [3.05, 3.63) is 92.2 Å². The molecule has 0 radical (unpaired) electrons. The van der Waals surface area contributed by atoms with Crippen molar-refractivity contribution in [2.24, 2.45) is 7.05 Å². The number of aryl methyl sites for hydroxylation is 1. The maximum atomic E-state index is 13.4. The third-order valence-corrected chi connectivity index (χ3v) is 6.49. The minimum Gasteiger partial charge on any atom is -0.423 e. The lowest BCUT2D eigenvalue weighted by molar-refractivity contribution is 0.559. The molecule has 0 unspecified atom stereocenters. The molecule has 33 heavy (non-hydrogen) atoms. The van der Waals surface area contributed by atoms with Crippen LogP contribution in [0.5, 0.6) is 0 Å². The van der Waals surface area contributed by atoms with Crippen LogP contribution in [0.2, 0.25) is 0 Å². The Kier molecular flexibility index (Phi) is 5.21. The molecule has 0 aliphatic carbocycles. The van der Waals surface area contributed by atoms with Gasteiger partial charge in [-0.15, -0.1) is 5.10 Å². The first-order valence-electron chi connectivity index (χ1n) is 10.2. The van der Waals surface area contributed by atoms with Crippen LogP contribution in [0.3, 0.4) is 0 Å². The van der Waals surface area contributed by atoms with E-state index in [0.717, 1.165) is 27.9 Å². The Bertz CT molecular complexity index is 1600. The first-order valence-corrected chi connectivity index (χ1v) is 11.2. The fourth-order valence-corrected chi connectivity index (χ4v) is 4.67. The zero-order chi connectivity index (χ0) is 23.1. The molecule has 2 aromatic carbocycles. The Balaban J connectivity index is 1.53. The average molecular weight is 461 g/mol. The monoisotopic (exact) mass is 460 g/mol. The van der Waals surface area contributed by atoms with Gasteiger partial charge in [0.15, 0.2) is 5.69 Å². The van der Waals surface area contributed by atoms with Crippen LogP contribution in [-0.2, 0) is 12.8 Å². The molecule has 3 aromatic heterocycles. The van der Waals surface area contributed by atoms with Crippen LogP contribution in [0.1, 0.15) is 16.8 Å². The molecule has 0 aliphatic heterocycles. The molecule has 0 saturated carbocycles. The molecule has 0 aliphatic rings. The van der Waals surface area contributed by atoms with Gasteiger partial charge in [0.2, 0.25) is 5.16 Å². The summed E-state index contributed by atoms with van der Waals surface area (Å²) in [7, 11) is 1.82. The second kappa shape index (κ2) is 8.21. The van der Waals surface area contributed by atoms with Gasteiger partial charge < -0.3 is 4.42 Å². The van der Waals surface area contributed by atoms with E-state index in [9.17, 15) is 9.59 Å². The van der Waals surface area contributed by atoms with Crippen molar-refractivity contribution in [3.8, 4) is 11.4 Å². The molecule has 166 valence electrons. The highest BCUT2D eigenvalue weighted by molar-refractivity contribution is 7.98. The number of aromatic nitrogens is 6. The number of rotatable bonds is 5. The van der Waals surface area contributed by atoms with E-state index in [0.29, 0.717) is 22.2 Å². The van der Waals surface area contributed by atoms with E-state index in [1.54, 1.807) is 9.36 Å². The second-order valence-corrected chi connectivity index (χ2v) is 8.60. The number of hydrogen-bond donors (Lipinski definition) is 0. The van der Waals surface area contributed by atoms with Crippen LogP contribution in [-0.4, -0.2) is 29.6 Å². The largest absolute Gasteiger partial charge is 0.423 e. The van der Waals surface area contributed by atoms with Gasteiger partial charge in [0.05, 0.1) is 11.4 Å². The first kappa shape index (κ1) is 21.0. The van der Waals surface area contributed by atoms with Gasteiger partial charge in [0.1, 0.15) is 5.58 Å². The van der Waals surface area contributed by atoms with Crippen LogP contribution in [0.15, 0.2) is 73.8 Å². The van der Waals surface area contributed by atoms with Crippen molar-refractivity contribution in [3.63, 3.8) is 0 Å². The molecule has 0 bridgehead atoms. The van der Waals surface area contributed by atoms with Crippen molar-refractivity contribution < 1.29 is 4.42 Å². The Morgan fingerprint density at radius 2 is 1.82 bits per heavy atom. The van der Waals surface area contributed by atoms with E-state index < -0.39 is 5.63 Å².